The number of benzene rings is 1. The highest BCUT2D eigenvalue weighted by Gasteiger charge is 2.32. The molecule has 0 bridgehead atoms. The van der Waals surface area contributed by atoms with Crippen LogP contribution in [0.15, 0.2) is 12.1 Å². The van der Waals surface area contributed by atoms with E-state index in [-0.39, 0.29) is 11.3 Å². The number of nitrogens with one attached hydrogen (secondary N) is 2. The Balaban J connectivity index is 2.10. The maximum Gasteiger partial charge on any atom is 0.255 e. The molecular weight excluding hydrogens is 339 g/mol. The van der Waals surface area contributed by atoms with E-state index in [9.17, 15) is 4.79 Å². The average Bonchev–Trinajstić information content (AvgIpc) is 2.56. The molecule has 1 amide bonds. The Bertz CT molecular complexity index is 555. The molecule has 1 aliphatic heterocycles. The van der Waals surface area contributed by atoms with Crippen molar-refractivity contribution in [3.8, 4) is 5.75 Å². The van der Waals surface area contributed by atoms with Crippen LogP contribution >= 0.6 is 23.2 Å². The third-order valence-corrected chi connectivity index (χ3v) is 4.95. The van der Waals surface area contributed by atoms with Gasteiger partial charge in [0.15, 0.2) is 0 Å². The summed E-state index contributed by atoms with van der Waals surface area (Å²) in [5.41, 5.74) is 0.336. The van der Waals surface area contributed by atoms with Gasteiger partial charge in [0.1, 0.15) is 5.75 Å². The summed E-state index contributed by atoms with van der Waals surface area (Å²) in [6.45, 7) is 3.02. The van der Waals surface area contributed by atoms with E-state index in [1.54, 1.807) is 13.2 Å². The topological polar surface area (TPSA) is 59.6 Å². The Labute approximate surface area is 146 Å². The minimum Gasteiger partial charge on any atom is -0.496 e. The molecule has 7 heteroatoms. The van der Waals surface area contributed by atoms with E-state index < -0.39 is 0 Å². The number of amides is 1. The molecule has 5 nitrogen and oxygen atoms in total. The molecule has 128 valence electrons. The van der Waals surface area contributed by atoms with Gasteiger partial charge in [0.05, 0.1) is 29.3 Å². The molecular formula is C16H22Cl2N2O3. The highest BCUT2D eigenvalue weighted by molar-refractivity contribution is 6.42. The summed E-state index contributed by atoms with van der Waals surface area (Å²) in [5, 5.41) is 7.00. The van der Waals surface area contributed by atoms with E-state index in [0.717, 1.165) is 25.9 Å². The number of halogens is 2. The lowest BCUT2D eigenvalue weighted by atomic mass is 9.79. The van der Waals surface area contributed by atoms with Gasteiger partial charge < -0.3 is 20.1 Å². The number of hydrogen-bond acceptors (Lipinski definition) is 4. The predicted octanol–water partition coefficient (Wildman–Crippen LogP) is 2.75. The van der Waals surface area contributed by atoms with Crippen LogP contribution < -0.4 is 15.4 Å². The number of carbonyl (C=O) groups is 1. The van der Waals surface area contributed by atoms with Crippen molar-refractivity contribution in [1.82, 2.24) is 10.6 Å². The zero-order valence-corrected chi connectivity index (χ0v) is 14.9. The fraction of sp³-hybridized carbons (Fsp3) is 0.562. The van der Waals surface area contributed by atoms with Crippen LogP contribution in [-0.2, 0) is 4.74 Å². The van der Waals surface area contributed by atoms with Crippen molar-refractivity contribution in [2.45, 2.75) is 12.8 Å². The molecule has 0 saturated carbocycles. The van der Waals surface area contributed by atoms with Gasteiger partial charge in [0.2, 0.25) is 0 Å². The van der Waals surface area contributed by atoms with E-state index in [2.05, 4.69) is 10.6 Å². The van der Waals surface area contributed by atoms with Gasteiger partial charge in [0, 0.05) is 25.1 Å². The molecule has 1 aromatic rings. The third kappa shape index (κ3) is 4.51. The summed E-state index contributed by atoms with van der Waals surface area (Å²) in [6.07, 6.45) is 1.92. The molecule has 23 heavy (non-hydrogen) atoms. The van der Waals surface area contributed by atoms with Gasteiger partial charge in [-0.25, -0.2) is 0 Å². The van der Waals surface area contributed by atoms with Gasteiger partial charge in [-0.3, -0.25) is 4.79 Å². The lowest BCUT2D eigenvalue weighted by molar-refractivity contribution is 0.0511. The second-order valence-corrected chi connectivity index (χ2v) is 6.65. The minimum absolute atomic E-state index is 0.0425. The molecule has 1 saturated heterocycles. The summed E-state index contributed by atoms with van der Waals surface area (Å²) < 4.78 is 10.6. The number of hydrogen-bond donors (Lipinski definition) is 2. The molecule has 0 atom stereocenters. The predicted molar refractivity (Wildman–Crippen MR) is 91.8 cm³/mol. The van der Waals surface area contributed by atoms with Crippen molar-refractivity contribution in [1.29, 1.82) is 0 Å². The van der Waals surface area contributed by atoms with Crippen molar-refractivity contribution in [3.05, 3.63) is 27.7 Å². The van der Waals surface area contributed by atoms with Crippen molar-refractivity contribution < 1.29 is 14.3 Å². The lowest BCUT2D eigenvalue weighted by Crippen LogP contribution is -2.47. The minimum atomic E-state index is -0.227. The van der Waals surface area contributed by atoms with E-state index in [1.165, 1.54) is 13.2 Å². The van der Waals surface area contributed by atoms with Gasteiger partial charge >= 0.3 is 0 Å². The molecule has 1 aromatic carbocycles. The number of ether oxygens (including phenoxy) is 2. The van der Waals surface area contributed by atoms with E-state index >= 15 is 0 Å². The van der Waals surface area contributed by atoms with E-state index in [4.69, 9.17) is 32.7 Å². The van der Waals surface area contributed by atoms with Crippen molar-refractivity contribution >= 4 is 29.1 Å². The standard InChI is InChI=1S/C16H22Cl2N2O3/c1-22-10-16(3-5-19-6-4-16)9-20-15(21)11-7-12(17)13(18)8-14(11)23-2/h7-8,19H,3-6,9-10H2,1-2H3,(H,20,21). The number of piperidine rings is 1. The third-order valence-electron chi connectivity index (χ3n) is 4.23. The summed E-state index contributed by atoms with van der Waals surface area (Å²) in [6, 6.07) is 3.08. The molecule has 0 aliphatic carbocycles. The summed E-state index contributed by atoms with van der Waals surface area (Å²) in [7, 11) is 3.18. The smallest absolute Gasteiger partial charge is 0.255 e. The zero-order valence-electron chi connectivity index (χ0n) is 13.4. The first kappa shape index (κ1) is 18.3. The fourth-order valence-electron chi connectivity index (χ4n) is 2.87. The van der Waals surface area contributed by atoms with Crippen molar-refractivity contribution in [2.75, 3.05) is 40.5 Å². The van der Waals surface area contributed by atoms with Gasteiger partial charge in [0.25, 0.3) is 5.91 Å². The Morgan fingerprint density at radius 1 is 1.26 bits per heavy atom. The molecule has 0 unspecified atom stereocenters. The molecule has 0 radical (unpaired) electrons. The summed E-state index contributed by atoms with van der Waals surface area (Å²) >= 11 is 12.0. The SMILES string of the molecule is COCC1(CNC(=O)c2cc(Cl)c(Cl)cc2OC)CCNCC1. The molecule has 1 aliphatic rings. The highest BCUT2D eigenvalue weighted by atomic mass is 35.5. The molecule has 0 spiro atoms. The van der Waals surface area contributed by atoms with Crippen LogP contribution in [0.3, 0.4) is 0 Å². The van der Waals surface area contributed by atoms with Crippen LogP contribution in [-0.4, -0.2) is 46.4 Å². The van der Waals surface area contributed by atoms with Crippen molar-refractivity contribution in [3.63, 3.8) is 0 Å². The van der Waals surface area contributed by atoms with Crippen LogP contribution in [0.5, 0.6) is 5.75 Å². The molecule has 0 aromatic heterocycles. The first-order valence-electron chi connectivity index (χ1n) is 7.52. The maximum atomic E-state index is 12.5. The summed E-state index contributed by atoms with van der Waals surface area (Å²) in [4.78, 5) is 12.5. The molecule has 2 N–H and O–H groups in total. The molecule has 2 rings (SSSR count). The number of rotatable bonds is 6. The van der Waals surface area contributed by atoms with Gasteiger partial charge in [-0.05, 0) is 32.0 Å². The monoisotopic (exact) mass is 360 g/mol. The first-order valence-corrected chi connectivity index (χ1v) is 8.28. The first-order chi connectivity index (χ1) is 11.0. The van der Waals surface area contributed by atoms with E-state index in [1.807, 2.05) is 0 Å². The van der Waals surface area contributed by atoms with Crippen LogP contribution in [0, 0.1) is 5.41 Å². The van der Waals surface area contributed by atoms with Crippen LogP contribution in [0.2, 0.25) is 10.0 Å². The zero-order chi connectivity index (χ0) is 16.9. The number of methoxy groups -OCH3 is 2. The Hall–Kier alpha value is -1.01. The average molecular weight is 361 g/mol. The Morgan fingerprint density at radius 3 is 2.52 bits per heavy atom. The second kappa shape index (κ2) is 8.20. The van der Waals surface area contributed by atoms with E-state index in [0.29, 0.717) is 34.5 Å². The number of carbonyl (C=O) groups excluding carboxylic acids is 1. The lowest BCUT2D eigenvalue weighted by Gasteiger charge is -2.37. The Morgan fingerprint density at radius 2 is 1.91 bits per heavy atom. The fourth-order valence-corrected chi connectivity index (χ4v) is 3.19. The Kier molecular flexibility index (Phi) is 6.53. The quantitative estimate of drug-likeness (QED) is 0.818. The van der Waals surface area contributed by atoms with Crippen LogP contribution in [0.4, 0.5) is 0 Å². The summed E-state index contributed by atoms with van der Waals surface area (Å²) in [5.74, 6) is 0.178. The normalized spacial score (nSPS) is 16.9. The van der Waals surface area contributed by atoms with Gasteiger partial charge in [-0.1, -0.05) is 23.2 Å². The molecule has 1 fully saturated rings. The maximum absolute atomic E-state index is 12.5. The highest BCUT2D eigenvalue weighted by Crippen LogP contribution is 2.31. The van der Waals surface area contributed by atoms with Crippen LogP contribution in [0.25, 0.3) is 0 Å². The largest absolute Gasteiger partial charge is 0.496 e. The van der Waals surface area contributed by atoms with Crippen LogP contribution in [0.1, 0.15) is 23.2 Å². The molecule has 1 heterocycles. The van der Waals surface area contributed by atoms with Gasteiger partial charge in [-0.15, -0.1) is 0 Å². The second-order valence-electron chi connectivity index (χ2n) is 5.83. The van der Waals surface area contributed by atoms with Gasteiger partial charge in [-0.2, -0.15) is 0 Å². The van der Waals surface area contributed by atoms with Crippen molar-refractivity contribution in [2.24, 2.45) is 5.41 Å².